The molecule has 8 heteroatoms. The van der Waals surface area contributed by atoms with E-state index < -0.39 is 4.92 Å². The summed E-state index contributed by atoms with van der Waals surface area (Å²) in [5.74, 6) is 1.07. The molecule has 160 valence electrons. The SMILES string of the molecule is COc1ccc2c(c1)O/C(=C\c1cccc(OCC(=O)c3ccc([N+](=O)[O-])cc3)c1)C2=O. The second-order valence-corrected chi connectivity index (χ2v) is 6.89. The molecule has 4 rings (SSSR count). The fourth-order valence-electron chi connectivity index (χ4n) is 3.14. The molecular formula is C24H17NO7. The number of rotatable bonds is 7. The Kier molecular flexibility index (Phi) is 5.67. The molecular weight excluding hydrogens is 414 g/mol. The molecule has 0 spiro atoms. The van der Waals surface area contributed by atoms with Crippen molar-refractivity contribution in [3.8, 4) is 17.2 Å². The van der Waals surface area contributed by atoms with Gasteiger partial charge in [0, 0.05) is 23.8 Å². The first-order chi connectivity index (χ1) is 15.4. The summed E-state index contributed by atoms with van der Waals surface area (Å²) in [6.45, 7) is -0.238. The van der Waals surface area contributed by atoms with Crippen LogP contribution < -0.4 is 14.2 Å². The quantitative estimate of drug-likeness (QED) is 0.235. The molecule has 0 N–H and O–H groups in total. The van der Waals surface area contributed by atoms with Gasteiger partial charge in [-0.25, -0.2) is 0 Å². The predicted molar refractivity (Wildman–Crippen MR) is 115 cm³/mol. The van der Waals surface area contributed by atoms with Crippen molar-refractivity contribution in [2.75, 3.05) is 13.7 Å². The first-order valence-corrected chi connectivity index (χ1v) is 9.57. The standard InChI is InChI=1S/C24H17NO7/c1-30-18-9-10-20-22(13-18)32-23(24(20)27)12-15-3-2-4-19(11-15)31-14-21(26)16-5-7-17(8-6-16)25(28)29/h2-13H,14H2,1H3/b23-12-. The van der Waals surface area contributed by atoms with Gasteiger partial charge in [0.2, 0.25) is 5.78 Å². The number of ketones is 2. The van der Waals surface area contributed by atoms with Crippen molar-refractivity contribution >= 4 is 23.3 Å². The average Bonchev–Trinajstić information content (AvgIpc) is 3.12. The average molecular weight is 431 g/mol. The van der Waals surface area contributed by atoms with Crippen molar-refractivity contribution in [3.63, 3.8) is 0 Å². The maximum atomic E-state index is 12.6. The van der Waals surface area contributed by atoms with E-state index in [4.69, 9.17) is 14.2 Å². The summed E-state index contributed by atoms with van der Waals surface area (Å²) >= 11 is 0. The van der Waals surface area contributed by atoms with Crippen molar-refractivity contribution in [2.45, 2.75) is 0 Å². The molecule has 0 bridgehead atoms. The van der Waals surface area contributed by atoms with Gasteiger partial charge in [-0.15, -0.1) is 0 Å². The summed E-state index contributed by atoms with van der Waals surface area (Å²) in [6, 6.07) is 17.2. The van der Waals surface area contributed by atoms with Crippen LogP contribution in [0.5, 0.6) is 17.2 Å². The van der Waals surface area contributed by atoms with E-state index in [0.29, 0.717) is 33.9 Å². The fraction of sp³-hybridized carbons (Fsp3) is 0.0833. The molecule has 0 aliphatic carbocycles. The highest BCUT2D eigenvalue weighted by molar-refractivity contribution is 6.14. The van der Waals surface area contributed by atoms with Crippen molar-refractivity contribution in [1.29, 1.82) is 0 Å². The van der Waals surface area contributed by atoms with Gasteiger partial charge in [0.15, 0.2) is 18.1 Å². The minimum Gasteiger partial charge on any atom is -0.497 e. The van der Waals surface area contributed by atoms with Crippen LogP contribution >= 0.6 is 0 Å². The van der Waals surface area contributed by atoms with Crippen LogP contribution in [0.1, 0.15) is 26.3 Å². The van der Waals surface area contributed by atoms with Gasteiger partial charge in [0.05, 0.1) is 17.6 Å². The van der Waals surface area contributed by atoms with E-state index in [1.165, 1.54) is 31.4 Å². The highest BCUT2D eigenvalue weighted by Crippen LogP contribution is 2.35. The molecule has 1 aliphatic rings. The van der Waals surface area contributed by atoms with Crippen LogP contribution in [-0.4, -0.2) is 30.2 Å². The van der Waals surface area contributed by atoms with Gasteiger partial charge in [0.25, 0.3) is 5.69 Å². The van der Waals surface area contributed by atoms with Crippen LogP contribution in [0.2, 0.25) is 0 Å². The Hall–Kier alpha value is -4.46. The summed E-state index contributed by atoms with van der Waals surface area (Å²) in [6.07, 6.45) is 1.60. The lowest BCUT2D eigenvalue weighted by atomic mass is 10.1. The summed E-state index contributed by atoms with van der Waals surface area (Å²) in [5, 5.41) is 10.7. The molecule has 0 aromatic heterocycles. The molecule has 0 fully saturated rings. The van der Waals surface area contributed by atoms with Gasteiger partial charge < -0.3 is 14.2 Å². The van der Waals surface area contributed by atoms with Gasteiger partial charge in [0.1, 0.15) is 17.2 Å². The molecule has 0 unspecified atom stereocenters. The van der Waals surface area contributed by atoms with Crippen LogP contribution in [0.3, 0.4) is 0 Å². The van der Waals surface area contributed by atoms with Crippen LogP contribution in [0.4, 0.5) is 5.69 Å². The zero-order chi connectivity index (χ0) is 22.7. The molecule has 0 amide bonds. The molecule has 32 heavy (non-hydrogen) atoms. The molecule has 0 radical (unpaired) electrons. The smallest absolute Gasteiger partial charge is 0.269 e. The Morgan fingerprint density at radius 3 is 2.56 bits per heavy atom. The summed E-state index contributed by atoms with van der Waals surface area (Å²) in [5.41, 5.74) is 1.34. The molecule has 0 saturated heterocycles. The Balaban J connectivity index is 1.44. The van der Waals surface area contributed by atoms with Crippen LogP contribution in [0.15, 0.2) is 72.5 Å². The normalized spacial score (nSPS) is 13.4. The third-order valence-electron chi connectivity index (χ3n) is 4.80. The second-order valence-electron chi connectivity index (χ2n) is 6.89. The number of methoxy groups -OCH3 is 1. The van der Waals surface area contributed by atoms with Crippen molar-refractivity contribution < 1.29 is 28.7 Å². The number of nitrogens with zero attached hydrogens (tertiary/aromatic N) is 1. The zero-order valence-corrected chi connectivity index (χ0v) is 16.9. The number of non-ortho nitro benzene ring substituents is 1. The van der Waals surface area contributed by atoms with Gasteiger partial charge in [-0.1, -0.05) is 12.1 Å². The number of carbonyl (C=O) groups excluding carboxylic acids is 2. The van der Waals surface area contributed by atoms with E-state index >= 15 is 0 Å². The molecule has 3 aromatic carbocycles. The first-order valence-electron chi connectivity index (χ1n) is 9.57. The Bertz CT molecular complexity index is 1250. The number of benzene rings is 3. The number of fused-ring (bicyclic) bond motifs is 1. The van der Waals surface area contributed by atoms with Gasteiger partial charge in [-0.3, -0.25) is 19.7 Å². The van der Waals surface area contributed by atoms with Crippen molar-refractivity contribution in [2.24, 2.45) is 0 Å². The lowest BCUT2D eigenvalue weighted by Gasteiger charge is -2.07. The maximum Gasteiger partial charge on any atom is 0.269 e. The molecule has 1 heterocycles. The highest BCUT2D eigenvalue weighted by atomic mass is 16.6. The van der Waals surface area contributed by atoms with E-state index in [2.05, 4.69) is 0 Å². The van der Waals surface area contributed by atoms with Crippen molar-refractivity contribution in [1.82, 2.24) is 0 Å². The molecule has 1 aliphatic heterocycles. The van der Waals surface area contributed by atoms with E-state index in [1.54, 1.807) is 48.5 Å². The number of Topliss-reactive ketones (excluding diaryl/α,β-unsaturated/α-hetero) is 2. The lowest BCUT2D eigenvalue weighted by Crippen LogP contribution is -2.11. The van der Waals surface area contributed by atoms with Gasteiger partial charge in [-0.05, 0) is 48.0 Å². The number of ether oxygens (including phenoxy) is 3. The molecule has 0 saturated carbocycles. The minimum atomic E-state index is -0.529. The lowest BCUT2D eigenvalue weighted by molar-refractivity contribution is -0.384. The van der Waals surface area contributed by atoms with E-state index in [-0.39, 0.29) is 29.6 Å². The van der Waals surface area contributed by atoms with E-state index in [1.807, 2.05) is 0 Å². The fourth-order valence-corrected chi connectivity index (χ4v) is 3.14. The number of nitro benzene ring substituents is 1. The maximum absolute atomic E-state index is 12.6. The zero-order valence-electron chi connectivity index (χ0n) is 16.9. The largest absolute Gasteiger partial charge is 0.497 e. The number of hydrogen-bond donors (Lipinski definition) is 0. The molecule has 3 aromatic rings. The third-order valence-corrected chi connectivity index (χ3v) is 4.80. The number of hydrogen-bond acceptors (Lipinski definition) is 7. The van der Waals surface area contributed by atoms with Crippen LogP contribution in [0.25, 0.3) is 6.08 Å². The Morgan fingerprint density at radius 1 is 1.06 bits per heavy atom. The summed E-state index contributed by atoms with van der Waals surface area (Å²) in [7, 11) is 1.53. The first kappa shape index (κ1) is 20.8. The van der Waals surface area contributed by atoms with Crippen molar-refractivity contribution in [3.05, 3.63) is 99.3 Å². The van der Waals surface area contributed by atoms with Gasteiger partial charge >= 0.3 is 0 Å². The summed E-state index contributed by atoms with van der Waals surface area (Å²) < 4.78 is 16.4. The Labute approximate surface area is 182 Å². The number of nitro groups is 1. The molecule has 8 nitrogen and oxygen atoms in total. The minimum absolute atomic E-state index is 0.0903. The van der Waals surface area contributed by atoms with E-state index in [0.717, 1.165) is 0 Å². The van der Waals surface area contributed by atoms with Crippen LogP contribution in [0, 0.1) is 10.1 Å². The highest BCUT2D eigenvalue weighted by Gasteiger charge is 2.27. The summed E-state index contributed by atoms with van der Waals surface area (Å²) in [4.78, 5) is 35.1. The molecule has 0 atom stereocenters. The number of allylic oxidation sites excluding steroid dienone is 1. The third kappa shape index (κ3) is 4.34. The predicted octanol–water partition coefficient (Wildman–Crippen LogP) is 4.48. The van der Waals surface area contributed by atoms with Gasteiger partial charge in [-0.2, -0.15) is 0 Å². The topological polar surface area (TPSA) is 105 Å². The number of carbonyl (C=O) groups is 2. The Morgan fingerprint density at radius 2 is 1.84 bits per heavy atom. The van der Waals surface area contributed by atoms with E-state index in [9.17, 15) is 19.7 Å². The monoisotopic (exact) mass is 431 g/mol. The second kappa shape index (κ2) is 8.73. The van der Waals surface area contributed by atoms with Crippen LogP contribution in [-0.2, 0) is 0 Å².